The van der Waals surface area contributed by atoms with Crippen LogP contribution in [0.3, 0.4) is 0 Å². The van der Waals surface area contributed by atoms with Crippen molar-refractivity contribution < 1.29 is 38.1 Å². The predicted molar refractivity (Wildman–Crippen MR) is 134 cm³/mol. The average molecular weight is 493 g/mol. The Morgan fingerprint density at radius 3 is 1.58 bits per heavy atom. The van der Waals surface area contributed by atoms with Crippen molar-refractivity contribution in [3.05, 3.63) is 90.3 Å². The van der Waals surface area contributed by atoms with E-state index in [1.807, 2.05) is 0 Å². The van der Waals surface area contributed by atoms with Crippen LogP contribution in [0.15, 0.2) is 84.7 Å². The van der Waals surface area contributed by atoms with Gasteiger partial charge in [0.1, 0.15) is 23.4 Å². The SMILES string of the molecule is C=C(C)C(=O)OC1=CC(OC(=O)C(=C)C)CC(c2cc(OC(=O)C(=C)C)cc(OC(=O)C(=C)C)c2)=C1. The third kappa shape index (κ3) is 7.80. The Balaban J connectivity index is 2.55. The topological polar surface area (TPSA) is 105 Å². The lowest BCUT2D eigenvalue weighted by molar-refractivity contribution is -0.142. The summed E-state index contributed by atoms with van der Waals surface area (Å²) in [4.78, 5) is 48.5. The first-order valence-corrected chi connectivity index (χ1v) is 10.8. The fourth-order valence-electron chi connectivity index (χ4n) is 2.77. The van der Waals surface area contributed by atoms with Crippen LogP contribution < -0.4 is 9.47 Å². The summed E-state index contributed by atoms with van der Waals surface area (Å²) < 4.78 is 21.5. The second-order valence-electron chi connectivity index (χ2n) is 8.37. The summed E-state index contributed by atoms with van der Waals surface area (Å²) in [6, 6.07) is 4.43. The van der Waals surface area contributed by atoms with Crippen LogP contribution in [0.25, 0.3) is 5.57 Å². The largest absolute Gasteiger partial charge is 0.454 e. The van der Waals surface area contributed by atoms with E-state index in [9.17, 15) is 19.2 Å². The Labute approximate surface area is 209 Å². The highest BCUT2D eigenvalue weighted by Gasteiger charge is 2.24. The van der Waals surface area contributed by atoms with Crippen LogP contribution in [-0.2, 0) is 28.7 Å². The lowest BCUT2D eigenvalue weighted by Crippen LogP contribution is -2.21. The Morgan fingerprint density at radius 1 is 0.694 bits per heavy atom. The molecule has 1 aliphatic rings. The molecule has 1 aromatic rings. The Bertz CT molecular complexity index is 1200. The molecule has 0 radical (unpaired) electrons. The number of hydrogen-bond donors (Lipinski definition) is 0. The van der Waals surface area contributed by atoms with Gasteiger partial charge in [-0.05, 0) is 63.1 Å². The van der Waals surface area contributed by atoms with E-state index in [1.165, 1.54) is 52.0 Å². The van der Waals surface area contributed by atoms with E-state index in [1.54, 1.807) is 6.08 Å². The molecule has 1 aromatic carbocycles. The van der Waals surface area contributed by atoms with Crippen molar-refractivity contribution in [3.63, 3.8) is 0 Å². The maximum atomic E-state index is 12.1. The summed E-state index contributed by atoms with van der Waals surface area (Å²) in [5.41, 5.74) is 1.71. The van der Waals surface area contributed by atoms with Crippen molar-refractivity contribution in [2.24, 2.45) is 0 Å². The molecule has 2 rings (SSSR count). The van der Waals surface area contributed by atoms with Gasteiger partial charge in [0.25, 0.3) is 0 Å². The molecule has 0 spiro atoms. The molecule has 0 saturated heterocycles. The number of carbonyl (C=O) groups is 4. The van der Waals surface area contributed by atoms with Crippen LogP contribution in [0.4, 0.5) is 0 Å². The number of allylic oxidation sites excluding steroid dienone is 1. The third-order valence-electron chi connectivity index (χ3n) is 4.62. The Morgan fingerprint density at radius 2 is 1.14 bits per heavy atom. The molecule has 1 unspecified atom stereocenters. The summed E-state index contributed by atoms with van der Waals surface area (Å²) in [6.07, 6.45) is 2.43. The zero-order chi connectivity index (χ0) is 27.2. The van der Waals surface area contributed by atoms with Gasteiger partial charge in [0, 0.05) is 34.8 Å². The molecule has 0 amide bonds. The number of rotatable bonds is 9. The van der Waals surface area contributed by atoms with Crippen LogP contribution in [0, 0.1) is 0 Å². The van der Waals surface area contributed by atoms with E-state index >= 15 is 0 Å². The lowest BCUT2D eigenvalue weighted by atomic mass is 9.94. The number of esters is 4. The fourth-order valence-corrected chi connectivity index (χ4v) is 2.77. The molecular formula is C28H28O8. The van der Waals surface area contributed by atoms with E-state index in [4.69, 9.17) is 18.9 Å². The van der Waals surface area contributed by atoms with Crippen molar-refractivity contribution in [1.82, 2.24) is 0 Å². The second-order valence-corrected chi connectivity index (χ2v) is 8.37. The van der Waals surface area contributed by atoms with E-state index in [-0.39, 0.29) is 46.0 Å². The first-order valence-electron chi connectivity index (χ1n) is 10.8. The molecule has 0 aliphatic heterocycles. The fraction of sp³-hybridized carbons (Fsp3) is 0.214. The number of benzene rings is 1. The Kier molecular flexibility index (Phi) is 9.10. The summed E-state index contributed by atoms with van der Waals surface area (Å²) in [5.74, 6) is -2.36. The van der Waals surface area contributed by atoms with Gasteiger partial charge in [-0.2, -0.15) is 0 Å². The summed E-state index contributed by atoms with van der Waals surface area (Å²) in [7, 11) is 0. The molecule has 36 heavy (non-hydrogen) atoms. The molecule has 1 aliphatic carbocycles. The summed E-state index contributed by atoms with van der Waals surface area (Å²) in [6.45, 7) is 20.2. The first kappa shape index (κ1) is 27.8. The summed E-state index contributed by atoms with van der Waals surface area (Å²) in [5, 5.41) is 0. The monoisotopic (exact) mass is 492 g/mol. The second kappa shape index (κ2) is 11.8. The van der Waals surface area contributed by atoms with E-state index < -0.39 is 30.0 Å². The molecule has 0 N–H and O–H groups in total. The molecule has 0 bridgehead atoms. The highest BCUT2D eigenvalue weighted by molar-refractivity contribution is 5.91. The van der Waals surface area contributed by atoms with Crippen LogP contribution in [0.2, 0.25) is 0 Å². The summed E-state index contributed by atoms with van der Waals surface area (Å²) >= 11 is 0. The maximum absolute atomic E-state index is 12.1. The van der Waals surface area contributed by atoms with Gasteiger partial charge in [-0.15, -0.1) is 0 Å². The highest BCUT2D eigenvalue weighted by atomic mass is 16.6. The van der Waals surface area contributed by atoms with Gasteiger partial charge in [0.2, 0.25) is 0 Å². The van der Waals surface area contributed by atoms with Crippen LogP contribution >= 0.6 is 0 Å². The number of hydrogen-bond acceptors (Lipinski definition) is 8. The predicted octanol–water partition coefficient (Wildman–Crippen LogP) is 4.93. The highest BCUT2D eigenvalue weighted by Crippen LogP contribution is 2.34. The maximum Gasteiger partial charge on any atom is 0.338 e. The van der Waals surface area contributed by atoms with Gasteiger partial charge >= 0.3 is 23.9 Å². The molecule has 0 fully saturated rings. The first-order chi connectivity index (χ1) is 16.8. The van der Waals surface area contributed by atoms with Gasteiger partial charge < -0.3 is 18.9 Å². The molecule has 188 valence electrons. The normalized spacial score (nSPS) is 14.4. The molecule has 1 atom stereocenters. The minimum atomic E-state index is -0.801. The van der Waals surface area contributed by atoms with Crippen molar-refractivity contribution in [1.29, 1.82) is 0 Å². The minimum Gasteiger partial charge on any atom is -0.454 e. The van der Waals surface area contributed by atoms with Gasteiger partial charge in [0.15, 0.2) is 0 Å². The average Bonchev–Trinajstić information content (AvgIpc) is 2.78. The van der Waals surface area contributed by atoms with Gasteiger partial charge in [-0.1, -0.05) is 26.3 Å². The zero-order valence-corrected chi connectivity index (χ0v) is 20.8. The third-order valence-corrected chi connectivity index (χ3v) is 4.62. The molecule has 0 aromatic heterocycles. The zero-order valence-electron chi connectivity index (χ0n) is 20.8. The standard InChI is InChI=1S/C28H28O8/c1-15(2)25(29)33-21-9-19(10-22(13-21)34-26(30)16(3)4)20-11-23(35-27(31)17(5)6)14-24(12-20)36-28(32)18(7)8/h9-11,13-14,24H,1,3,5,7,12H2,2,4,6,8H3. The van der Waals surface area contributed by atoms with E-state index in [2.05, 4.69) is 26.3 Å². The quantitative estimate of drug-likeness (QED) is 0.272. The van der Waals surface area contributed by atoms with Crippen LogP contribution in [0.1, 0.15) is 39.7 Å². The molecular weight excluding hydrogens is 464 g/mol. The number of carbonyl (C=O) groups excluding carboxylic acids is 4. The van der Waals surface area contributed by atoms with Crippen molar-refractivity contribution in [3.8, 4) is 11.5 Å². The smallest absolute Gasteiger partial charge is 0.338 e. The van der Waals surface area contributed by atoms with Crippen LogP contribution in [-0.4, -0.2) is 30.0 Å². The van der Waals surface area contributed by atoms with Crippen molar-refractivity contribution in [2.45, 2.75) is 40.2 Å². The molecule has 8 heteroatoms. The Hall–Kier alpha value is -4.46. The number of ether oxygens (including phenoxy) is 4. The molecule has 0 heterocycles. The van der Waals surface area contributed by atoms with Crippen molar-refractivity contribution >= 4 is 29.5 Å². The van der Waals surface area contributed by atoms with Crippen LogP contribution in [0.5, 0.6) is 11.5 Å². The van der Waals surface area contributed by atoms with E-state index in [0.29, 0.717) is 11.1 Å². The van der Waals surface area contributed by atoms with Gasteiger partial charge in [-0.25, -0.2) is 19.2 Å². The minimum absolute atomic E-state index is 0.0800. The molecule has 8 nitrogen and oxygen atoms in total. The van der Waals surface area contributed by atoms with Gasteiger partial charge in [0.05, 0.1) is 0 Å². The van der Waals surface area contributed by atoms with Crippen molar-refractivity contribution in [2.75, 3.05) is 0 Å². The molecule has 0 saturated carbocycles. The van der Waals surface area contributed by atoms with Gasteiger partial charge in [-0.3, -0.25) is 0 Å². The van der Waals surface area contributed by atoms with E-state index in [0.717, 1.165) is 0 Å². The lowest BCUT2D eigenvalue weighted by Gasteiger charge is -2.23.